The largest absolute Gasteiger partial charge is 0.492 e. The molecule has 0 fully saturated rings. The van der Waals surface area contributed by atoms with Crippen molar-refractivity contribution in [3.63, 3.8) is 0 Å². The summed E-state index contributed by atoms with van der Waals surface area (Å²) in [7, 11) is 1.76. The van der Waals surface area contributed by atoms with Crippen LogP contribution in [-0.4, -0.2) is 37.0 Å². The summed E-state index contributed by atoms with van der Waals surface area (Å²) in [5.74, 6) is 1.18. The molecule has 0 saturated carbocycles. The van der Waals surface area contributed by atoms with Gasteiger partial charge in [-0.25, -0.2) is 0 Å². The summed E-state index contributed by atoms with van der Waals surface area (Å²) < 4.78 is 6.60. The lowest BCUT2D eigenvalue weighted by molar-refractivity contribution is -0.131. The molecule has 0 aliphatic heterocycles. The van der Waals surface area contributed by atoms with Crippen molar-refractivity contribution in [1.29, 1.82) is 0 Å². The van der Waals surface area contributed by atoms with Crippen molar-refractivity contribution >= 4 is 21.8 Å². The molecule has 1 rings (SSSR count). The van der Waals surface area contributed by atoms with Crippen LogP contribution >= 0.6 is 15.9 Å². The van der Waals surface area contributed by atoms with Gasteiger partial charge in [-0.15, -0.1) is 0 Å². The minimum absolute atomic E-state index is 0.0295. The summed E-state index contributed by atoms with van der Waals surface area (Å²) in [4.78, 5) is 13.6. The number of hydrogen-bond acceptors (Lipinski definition) is 3. The first kappa shape index (κ1) is 17.0. The normalized spacial score (nSPS) is 12.3. The number of amides is 1. The Morgan fingerprint density at radius 2 is 1.95 bits per heavy atom. The zero-order valence-electron chi connectivity index (χ0n) is 12.3. The van der Waals surface area contributed by atoms with E-state index in [0.717, 1.165) is 10.2 Å². The molecule has 0 heterocycles. The highest BCUT2D eigenvalue weighted by Crippen LogP contribution is 2.16. The van der Waals surface area contributed by atoms with Gasteiger partial charge in [0.1, 0.15) is 12.4 Å². The van der Waals surface area contributed by atoms with E-state index in [4.69, 9.17) is 10.5 Å². The molecule has 0 aromatic heterocycles. The van der Waals surface area contributed by atoms with Crippen LogP contribution in [0.3, 0.4) is 0 Å². The van der Waals surface area contributed by atoms with Gasteiger partial charge in [-0.2, -0.15) is 0 Å². The zero-order valence-corrected chi connectivity index (χ0v) is 13.9. The van der Waals surface area contributed by atoms with Crippen molar-refractivity contribution in [1.82, 2.24) is 4.90 Å². The number of ether oxygens (including phenoxy) is 1. The van der Waals surface area contributed by atoms with Gasteiger partial charge in [-0.05, 0) is 36.6 Å². The molecule has 112 valence electrons. The van der Waals surface area contributed by atoms with Gasteiger partial charge in [0, 0.05) is 11.5 Å². The lowest BCUT2D eigenvalue weighted by Crippen LogP contribution is -2.43. The number of hydrogen-bond donors (Lipinski definition) is 1. The lowest BCUT2D eigenvalue weighted by atomic mass is 10.0. The Labute approximate surface area is 129 Å². The SMILES string of the molecule is CC(C)C[C@H](N)C(=O)N(C)CCOc1ccc(Br)cc1. The Hall–Kier alpha value is -1.07. The van der Waals surface area contributed by atoms with E-state index in [0.29, 0.717) is 25.5 Å². The molecule has 0 aliphatic rings. The number of carbonyl (C=O) groups is 1. The summed E-state index contributed by atoms with van der Waals surface area (Å²) in [6.07, 6.45) is 0.705. The Bertz CT molecular complexity index is 420. The first-order chi connectivity index (χ1) is 9.40. The van der Waals surface area contributed by atoms with Crippen LogP contribution in [0.1, 0.15) is 20.3 Å². The van der Waals surface area contributed by atoms with Crippen LogP contribution in [0, 0.1) is 5.92 Å². The van der Waals surface area contributed by atoms with E-state index < -0.39 is 6.04 Å². The minimum atomic E-state index is -0.423. The van der Waals surface area contributed by atoms with Gasteiger partial charge in [-0.3, -0.25) is 4.79 Å². The third kappa shape index (κ3) is 5.92. The molecule has 20 heavy (non-hydrogen) atoms. The molecule has 1 aromatic rings. The Balaban J connectivity index is 2.33. The summed E-state index contributed by atoms with van der Waals surface area (Å²) in [5, 5.41) is 0. The van der Waals surface area contributed by atoms with E-state index in [2.05, 4.69) is 29.8 Å². The summed E-state index contributed by atoms with van der Waals surface area (Å²) in [5.41, 5.74) is 5.88. The first-order valence-electron chi connectivity index (χ1n) is 6.79. The smallest absolute Gasteiger partial charge is 0.239 e. The second-order valence-corrected chi connectivity index (χ2v) is 6.21. The Morgan fingerprint density at radius 3 is 2.50 bits per heavy atom. The highest BCUT2D eigenvalue weighted by atomic mass is 79.9. The maximum atomic E-state index is 12.0. The number of nitrogens with zero attached hydrogens (tertiary/aromatic N) is 1. The fourth-order valence-electron chi connectivity index (χ4n) is 1.83. The third-order valence-electron chi connectivity index (χ3n) is 2.93. The van der Waals surface area contributed by atoms with Gasteiger partial charge in [0.25, 0.3) is 0 Å². The first-order valence-corrected chi connectivity index (χ1v) is 7.58. The molecule has 1 aromatic carbocycles. The lowest BCUT2D eigenvalue weighted by Gasteiger charge is -2.22. The van der Waals surface area contributed by atoms with Crippen molar-refractivity contribution in [2.45, 2.75) is 26.3 Å². The molecule has 5 heteroatoms. The van der Waals surface area contributed by atoms with Gasteiger partial charge in [0.15, 0.2) is 0 Å². The number of nitrogens with two attached hydrogens (primary N) is 1. The van der Waals surface area contributed by atoms with Crippen molar-refractivity contribution in [2.75, 3.05) is 20.2 Å². The van der Waals surface area contributed by atoms with Crippen molar-refractivity contribution in [2.24, 2.45) is 11.7 Å². The van der Waals surface area contributed by atoms with Gasteiger partial charge in [-0.1, -0.05) is 29.8 Å². The predicted molar refractivity (Wildman–Crippen MR) is 84.7 cm³/mol. The molecule has 0 radical (unpaired) electrons. The fraction of sp³-hybridized carbons (Fsp3) is 0.533. The average molecular weight is 343 g/mol. The number of rotatable bonds is 7. The van der Waals surface area contributed by atoms with E-state index in [-0.39, 0.29) is 5.91 Å². The summed E-state index contributed by atoms with van der Waals surface area (Å²) >= 11 is 3.37. The van der Waals surface area contributed by atoms with E-state index in [1.807, 2.05) is 24.3 Å². The molecule has 1 atom stereocenters. The van der Waals surface area contributed by atoms with E-state index in [1.54, 1.807) is 11.9 Å². The van der Waals surface area contributed by atoms with E-state index in [1.165, 1.54) is 0 Å². The predicted octanol–water partition coefficient (Wildman–Crippen LogP) is 2.66. The van der Waals surface area contributed by atoms with Gasteiger partial charge in [0.2, 0.25) is 5.91 Å². The fourth-order valence-corrected chi connectivity index (χ4v) is 2.10. The zero-order chi connectivity index (χ0) is 15.1. The highest BCUT2D eigenvalue weighted by Gasteiger charge is 2.18. The third-order valence-corrected chi connectivity index (χ3v) is 3.46. The molecule has 0 spiro atoms. The van der Waals surface area contributed by atoms with Crippen LogP contribution in [0.15, 0.2) is 28.7 Å². The topological polar surface area (TPSA) is 55.6 Å². The quantitative estimate of drug-likeness (QED) is 0.828. The van der Waals surface area contributed by atoms with Gasteiger partial charge >= 0.3 is 0 Å². The molecule has 0 bridgehead atoms. The highest BCUT2D eigenvalue weighted by molar-refractivity contribution is 9.10. The Kier molecular flexibility index (Phi) is 7.02. The van der Waals surface area contributed by atoms with Crippen molar-refractivity contribution < 1.29 is 9.53 Å². The van der Waals surface area contributed by atoms with E-state index >= 15 is 0 Å². The standard InChI is InChI=1S/C15H23BrN2O2/c1-11(2)10-14(17)15(19)18(3)8-9-20-13-6-4-12(16)5-7-13/h4-7,11,14H,8-10,17H2,1-3H3/t14-/m0/s1. The van der Waals surface area contributed by atoms with Crippen LogP contribution in [0.25, 0.3) is 0 Å². The maximum absolute atomic E-state index is 12.0. The molecule has 1 amide bonds. The minimum Gasteiger partial charge on any atom is -0.492 e. The molecule has 4 nitrogen and oxygen atoms in total. The van der Waals surface area contributed by atoms with Crippen LogP contribution in [-0.2, 0) is 4.79 Å². The van der Waals surface area contributed by atoms with Gasteiger partial charge < -0.3 is 15.4 Å². The molecule has 0 aliphatic carbocycles. The molecular formula is C15H23BrN2O2. The monoisotopic (exact) mass is 342 g/mol. The molecule has 0 unspecified atom stereocenters. The molecule has 0 saturated heterocycles. The Morgan fingerprint density at radius 1 is 1.35 bits per heavy atom. The molecular weight excluding hydrogens is 320 g/mol. The van der Waals surface area contributed by atoms with Crippen LogP contribution < -0.4 is 10.5 Å². The second kappa shape index (κ2) is 8.27. The van der Waals surface area contributed by atoms with Crippen LogP contribution in [0.5, 0.6) is 5.75 Å². The maximum Gasteiger partial charge on any atom is 0.239 e. The average Bonchev–Trinajstić information content (AvgIpc) is 2.39. The summed E-state index contributed by atoms with van der Waals surface area (Å²) in [6.45, 7) is 5.10. The second-order valence-electron chi connectivity index (χ2n) is 5.30. The number of likely N-dealkylation sites (N-methyl/N-ethyl adjacent to an activating group) is 1. The van der Waals surface area contributed by atoms with Crippen molar-refractivity contribution in [3.8, 4) is 5.75 Å². The molecule has 2 N–H and O–H groups in total. The number of halogens is 1. The van der Waals surface area contributed by atoms with Gasteiger partial charge in [0.05, 0.1) is 12.6 Å². The number of benzene rings is 1. The number of carbonyl (C=O) groups excluding carboxylic acids is 1. The van der Waals surface area contributed by atoms with Crippen LogP contribution in [0.2, 0.25) is 0 Å². The van der Waals surface area contributed by atoms with Crippen molar-refractivity contribution in [3.05, 3.63) is 28.7 Å². The van der Waals surface area contributed by atoms with Crippen LogP contribution in [0.4, 0.5) is 0 Å². The van der Waals surface area contributed by atoms with E-state index in [9.17, 15) is 4.79 Å². The summed E-state index contributed by atoms with van der Waals surface area (Å²) in [6, 6.07) is 7.19.